The Balaban J connectivity index is 1.67. The molecule has 4 rings (SSSR count). The van der Waals surface area contributed by atoms with Crippen molar-refractivity contribution >= 4 is 11.8 Å². The van der Waals surface area contributed by atoms with Crippen molar-refractivity contribution in [1.82, 2.24) is 24.7 Å². The molecular formula is C22H29N5O2. The Morgan fingerprint density at radius 3 is 2.59 bits per heavy atom. The molecule has 2 saturated heterocycles. The van der Waals surface area contributed by atoms with Gasteiger partial charge in [-0.05, 0) is 18.5 Å². The number of hydrogen-bond donors (Lipinski definition) is 1. The molecule has 0 spiro atoms. The monoisotopic (exact) mass is 395 g/mol. The molecule has 2 fully saturated rings. The number of nitrogens with zero attached hydrogens (tertiary/aromatic N) is 4. The molecule has 2 amide bonds. The van der Waals surface area contributed by atoms with Crippen LogP contribution in [0.15, 0.2) is 42.7 Å². The third-order valence-corrected chi connectivity index (χ3v) is 6.40. The summed E-state index contributed by atoms with van der Waals surface area (Å²) >= 11 is 0. The number of rotatable bonds is 4. The second-order valence-corrected chi connectivity index (χ2v) is 8.40. The molecule has 154 valence electrons. The predicted octanol–water partition coefficient (Wildman–Crippen LogP) is 1.72. The van der Waals surface area contributed by atoms with Gasteiger partial charge in [-0.1, -0.05) is 30.3 Å². The van der Waals surface area contributed by atoms with Crippen LogP contribution in [0.5, 0.6) is 0 Å². The van der Waals surface area contributed by atoms with Gasteiger partial charge in [-0.25, -0.2) is 4.98 Å². The van der Waals surface area contributed by atoms with E-state index in [2.05, 4.69) is 27.3 Å². The van der Waals surface area contributed by atoms with Crippen LogP contribution in [0, 0.1) is 5.92 Å². The summed E-state index contributed by atoms with van der Waals surface area (Å²) in [5.41, 5.74) is 0.680. The molecule has 29 heavy (non-hydrogen) atoms. The summed E-state index contributed by atoms with van der Waals surface area (Å²) in [5.74, 6) is 1.18. The first-order chi connectivity index (χ1) is 13.9. The van der Waals surface area contributed by atoms with Crippen LogP contribution in [-0.4, -0.2) is 56.3 Å². The number of carbonyl (C=O) groups excluding carboxylic acids is 2. The van der Waals surface area contributed by atoms with Crippen LogP contribution >= 0.6 is 0 Å². The van der Waals surface area contributed by atoms with Crippen LogP contribution in [0.1, 0.15) is 37.7 Å². The minimum atomic E-state index is -0.457. The van der Waals surface area contributed by atoms with E-state index in [4.69, 9.17) is 0 Å². The van der Waals surface area contributed by atoms with Gasteiger partial charge in [0.25, 0.3) is 0 Å². The summed E-state index contributed by atoms with van der Waals surface area (Å²) in [6, 6.07) is 10.2. The van der Waals surface area contributed by atoms with Crippen molar-refractivity contribution in [3.63, 3.8) is 0 Å². The van der Waals surface area contributed by atoms with Gasteiger partial charge in [-0.15, -0.1) is 0 Å². The molecule has 0 radical (unpaired) electrons. The highest BCUT2D eigenvalue weighted by Crippen LogP contribution is 2.47. The molecule has 1 aromatic carbocycles. The van der Waals surface area contributed by atoms with Gasteiger partial charge in [0.05, 0.1) is 18.1 Å². The molecule has 0 aliphatic carbocycles. The van der Waals surface area contributed by atoms with Crippen molar-refractivity contribution in [2.75, 3.05) is 19.6 Å². The van der Waals surface area contributed by atoms with Gasteiger partial charge in [0.15, 0.2) is 0 Å². The van der Waals surface area contributed by atoms with Gasteiger partial charge in [-0.2, -0.15) is 0 Å². The topological polar surface area (TPSA) is 70.5 Å². The van der Waals surface area contributed by atoms with Gasteiger partial charge in [0.1, 0.15) is 5.82 Å². The zero-order valence-corrected chi connectivity index (χ0v) is 17.3. The number of nitrogens with one attached hydrogen (secondary N) is 1. The van der Waals surface area contributed by atoms with Crippen LogP contribution < -0.4 is 5.32 Å². The number of carbonyl (C=O) groups is 2. The van der Waals surface area contributed by atoms with Gasteiger partial charge in [0, 0.05) is 52.3 Å². The Kier molecular flexibility index (Phi) is 5.17. The summed E-state index contributed by atoms with van der Waals surface area (Å²) in [6.45, 7) is 6.07. The lowest BCUT2D eigenvalue weighted by Crippen LogP contribution is -2.63. The Bertz CT molecular complexity index is 896. The second-order valence-electron chi connectivity index (χ2n) is 8.40. The average molecular weight is 396 g/mol. The minimum absolute atomic E-state index is 0.0177. The zero-order valence-electron chi connectivity index (χ0n) is 17.3. The van der Waals surface area contributed by atoms with E-state index in [-0.39, 0.29) is 23.8 Å². The summed E-state index contributed by atoms with van der Waals surface area (Å²) in [7, 11) is 2.00. The van der Waals surface area contributed by atoms with Crippen LogP contribution in [0.25, 0.3) is 0 Å². The number of piperidine rings is 1. The molecule has 3 heterocycles. The minimum Gasteiger partial charge on any atom is -0.347 e. The fraction of sp³-hybridized carbons (Fsp3) is 0.500. The summed E-state index contributed by atoms with van der Waals surface area (Å²) in [6.07, 6.45) is 4.67. The Hall–Kier alpha value is -2.67. The number of likely N-dealkylation sites (tertiary alicyclic amines) is 2. The van der Waals surface area contributed by atoms with Crippen molar-refractivity contribution < 1.29 is 9.59 Å². The standard InChI is InChI=1S/C22H29N5O2/c1-16(28)24-22-14-26(13-20-23-10-12-25(20)3)11-9-19(22)21(27(15-22)17(2)29)18-7-5-4-6-8-18/h4-8,10,12,19,21H,9,11,13-15H2,1-3H3,(H,24,28)/t19-,21-,22-/m1/s1. The maximum atomic E-state index is 12.6. The molecule has 0 unspecified atom stereocenters. The van der Waals surface area contributed by atoms with E-state index in [1.165, 1.54) is 0 Å². The first-order valence-electron chi connectivity index (χ1n) is 10.2. The smallest absolute Gasteiger partial charge is 0.220 e. The quantitative estimate of drug-likeness (QED) is 0.856. The predicted molar refractivity (Wildman–Crippen MR) is 110 cm³/mol. The normalized spacial score (nSPS) is 26.9. The maximum absolute atomic E-state index is 12.6. The van der Waals surface area contributed by atoms with E-state index in [0.717, 1.165) is 30.9 Å². The van der Waals surface area contributed by atoms with Crippen LogP contribution in [0.3, 0.4) is 0 Å². The van der Waals surface area contributed by atoms with Crippen molar-refractivity contribution in [3.05, 3.63) is 54.1 Å². The van der Waals surface area contributed by atoms with Crippen molar-refractivity contribution in [3.8, 4) is 0 Å². The third kappa shape index (κ3) is 3.67. The highest BCUT2D eigenvalue weighted by molar-refractivity contribution is 5.77. The summed E-state index contributed by atoms with van der Waals surface area (Å²) in [5, 5.41) is 3.26. The fourth-order valence-corrected chi connectivity index (χ4v) is 5.22. The number of aryl methyl sites for hydroxylation is 1. The molecule has 2 aromatic rings. The summed E-state index contributed by atoms with van der Waals surface area (Å²) < 4.78 is 2.03. The number of benzene rings is 1. The van der Waals surface area contributed by atoms with E-state index >= 15 is 0 Å². The lowest BCUT2D eigenvalue weighted by molar-refractivity contribution is -0.130. The number of aromatic nitrogens is 2. The van der Waals surface area contributed by atoms with Crippen molar-refractivity contribution in [1.29, 1.82) is 0 Å². The first kappa shape index (κ1) is 19.6. The van der Waals surface area contributed by atoms with E-state index in [1.807, 2.05) is 47.1 Å². The van der Waals surface area contributed by atoms with Gasteiger partial charge in [0.2, 0.25) is 11.8 Å². The molecule has 3 atom stereocenters. The van der Waals surface area contributed by atoms with Gasteiger partial charge >= 0.3 is 0 Å². The highest BCUT2D eigenvalue weighted by Gasteiger charge is 2.56. The third-order valence-electron chi connectivity index (χ3n) is 6.40. The molecule has 1 N–H and O–H groups in total. The largest absolute Gasteiger partial charge is 0.347 e. The van der Waals surface area contributed by atoms with E-state index in [0.29, 0.717) is 13.1 Å². The Labute approximate surface area is 171 Å². The van der Waals surface area contributed by atoms with Crippen molar-refractivity contribution in [2.45, 2.75) is 38.4 Å². The molecule has 7 nitrogen and oxygen atoms in total. The molecule has 2 aliphatic heterocycles. The first-order valence-corrected chi connectivity index (χ1v) is 10.2. The second kappa shape index (κ2) is 7.63. The number of fused-ring (bicyclic) bond motifs is 1. The molecular weight excluding hydrogens is 366 g/mol. The number of imidazole rings is 1. The average Bonchev–Trinajstić information content (AvgIpc) is 3.22. The molecule has 2 aliphatic rings. The van der Waals surface area contributed by atoms with Gasteiger partial charge in [-0.3, -0.25) is 14.5 Å². The Morgan fingerprint density at radius 2 is 1.97 bits per heavy atom. The van der Waals surface area contributed by atoms with Crippen molar-refractivity contribution in [2.24, 2.45) is 13.0 Å². The lowest BCUT2D eigenvalue weighted by atomic mass is 9.75. The van der Waals surface area contributed by atoms with E-state index < -0.39 is 5.54 Å². The molecule has 1 aromatic heterocycles. The van der Waals surface area contributed by atoms with Crippen LogP contribution in [-0.2, 0) is 23.2 Å². The fourth-order valence-electron chi connectivity index (χ4n) is 5.22. The summed E-state index contributed by atoms with van der Waals surface area (Å²) in [4.78, 5) is 33.5. The molecule has 0 saturated carbocycles. The lowest BCUT2D eigenvalue weighted by Gasteiger charge is -2.45. The van der Waals surface area contributed by atoms with Crippen LogP contribution in [0.2, 0.25) is 0 Å². The highest BCUT2D eigenvalue weighted by atomic mass is 16.2. The van der Waals surface area contributed by atoms with E-state index in [1.54, 1.807) is 13.8 Å². The van der Waals surface area contributed by atoms with Gasteiger partial charge < -0.3 is 14.8 Å². The SMILES string of the molecule is CC(=O)N[C@@]12CN(Cc3nccn3C)CC[C@@H]1[C@@H](c1ccccc1)N(C(C)=O)C2. The Morgan fingerprint density at radius 1 is 1.21 bits per heavy atom. The number of amides is 2. The van der Waals surface area contributed by atoms with E-state index in [9.17, 15) is 9.59 Å². The molecule has 7 heteroatoms. The van der Waals surface area contributed by atoms with Crippen LogP contribution in [0.4, 0.5) is 0 Å². The maximum Gasteiger partial charge on any atom is 0.220 e. The zero-order chi connectivity index (χ0) is 20.6. The molecule has 0 bridgehead atoms. The number of hydrogen-bond acceptors (Lipinski definition) is 4.